The van der Waals surface area contributed by atoms with Crippen molar-refractivity contribution in [2.24, 2.45) is 0 Å². The molecule has 6 heteroatoms. The average Bonchev–Trinajstić information content (AvgIpc) is 3.49. The van der Waals surface area contributed by atoms with Crippen molar-refractivity contribution in [2.75, 3.05) is 13.2 Å². The lowest BCUT2D eigenvalue weighted by Gasteiger charge is -2.18. The van der Waals surface area contributed by atoms with Crippen LogP contribution >= 0.6 is 0 Å². The number of hydrogen-bond acceptors (Lipinski definition) is 6. The molecule has 0 aliphatic carbocycles. The minimum atomic E-state index is -0.832. The molecule has 0 aliphatic heterocycles. The van der Waals surface area contributed by atoms with Crippen LogP contribution in [0.15, 0.2) is 207 Å². The summed E-state index contributed by atoms with van der Waals surface area (Å²) in [5.74, 6) is -1.02. The molecule has 1 unspecified atom stereocenters. The van der Waals surface area contributed by atoms with E-state index in [2.05, 4.69) is 227 Å². The van der Waals surface area contributed by atoms with Crippen molar-refractivity contribution >= 4 is 17.9 Å². The number of esters is 3. The van der Waals surface area contributed by atoms with Crippen LogP contribution in [-0.2, 0) is 28.6 Å². The van der Waals surface area contributed by atoms with Crippen molar-refractivity contribution in [3.05, 3.63) is 207 Å². The predicted molar refractivity (Wildman–Crippen MR) is 361 cm³/mol. The van der Waals surface area contributed by atoms with Gasteiger partial charge in [0.25, 0.3) is 0 Å². The molecular weight excluding hydrogens is 1020 g/mol. The van der Waals surface area contributed by atoms with E-state index in [4.69, 9.17) is 14.2 Å². The number of rotatable bonds is 56. The molecule has 0 fully saturated rings. The standard InChI is InChI=1S/C77H116O6/c1-4-7-10-13-16-19-22-25-28-30-32-33-34-35-36-37-38-39-40-41-42-43-45-46-49-52-55-58-61-64-67-70-76(79)82-73-74(72-81-75(78)69-66-63-60-57-54-51-48-27-24-21-18-15-12-9-6-3)83-77(80)71-68-65-62-59-56-53-50-47-44-31-29-26-23-20-17-14-11-8-5-2/h7-12,16-21,25-29,32-33,35-36,38-39,41-42,44-48,52,54-55,57,74H,4-6,13-15,22-24,30-31,34,37,40,43,49-51,53,56,58-73H2,1-3H3/b10-7-,11-8-,12-9-,19-16-,20-17-,21-18-,28-25-,29-26-,33-32-,36-35-,39-38-,42-41-,46-45-,47-44-,48-27-,55-52-,57-54-. The first-order valence-electron chi connectivity index (χ1n) is 32.6. The maximum atomic E-state index is 12.9. The van der Waals surface area contributed by atoms with Gasteiger partial charge in [0.15, 0.2) is 6.10 Å². The van der Waals surface area contributed by atoms with Crippen LogP contribution in [0.3, 0.4) is 0 Å². The van der Waals surface area contributed by atoms with Gasteiger partial charge in [-0.2, -0.15) is 0 Å². The number of carbonyl (C=O) groups is 3. The summed E-state index contributed by atoms with van der Waals surface area (Å²) in [6.07, 6.45) is 105. The van der Waals surface area contributed by atoms with E-state index in [0.717, 1.165) is 180 Å². The normalized spacial score (nSPS) is 13.5. The SMILES string of the molecule is CC/C=C\C/C=C\C/C=C\C/C=C\C/C=C\C/C=C\C/C=C\C/C=C\C/C=C\CCCCCC(=O)OCC(COC(=O)CCCC/C=C\C/C=C\C/C=C\C/C=C\CC)OC(=O)CCCCCCCC/C=C\C/C=C\C/C=C\C/C=C\CC. The minimum Gasteiger partial charge on any atom is -0.462 e. The van der Waals surface area contributed by atoms with Crippen LogP contribution in [-0.4, -0.2) is 37.2 Å². The van der Waals surface area contributed by atoms with Gasteiger partial charge in [-0.15, -0.1) is 0 Å². The Kier molecular flexibility index (Phi) is 63.5. The summed E-state index contributed by atoms with van der Waals surface area (Å²) in [7, 11) is 0. The van der Waals surface area contributed by atoms with Crippen molar-refractivity contribution < 1.29 is 28.6 Å². The third-order valence-corrected chi connectivity index (χ3v) is 12.8. The molecule has 83 heavy (non-hydrogen) atoms. The Bertz CT molecular complexity index is 2030. The minimum absolute atomic E-state index is 0.127. The molecular formula is C77H116O6. The molecule has 1 atom stereocenters. The molecule has 0 saturated heterocycles. The monoisotopic (exact) mass is 1140 g/mol. The van der Waals surface area contributed by atoms with Gasteiger partial charge < -0.3 is 14.2 Å². The molecule has 6 nitrogen and oxygen atoms in total. The Morgan fingerprint density at radius 3 is 0.711 bits per heavy atom. The van der Waals surface area contributed by atoms with Gasteiger partial charge in [0.1, 0.15) is 13.2 Å². The zero-order valence-corrected chi connectivity index (χ0v) is 52.6. The highest BCUT2D eigenvalue weighted by molar-refractivity contribution is 5.71. The number of ether oxygens (including phenoxy) is 3. The summed E-state index contributed by atoms with van der Waals surface area (Å²) in [5.41, 5.74) is 0. The van der Waals surface area contributed by atoms with Gasteiger partial charge in [-0.1, -0.05) is 259 Å². The first-order chi connectivity index (χ1) is 41.0. The van der Waals surface area contributed by atoms with Crippen LogP contribution in [0.1, 0.15) is 239 Å². The fourth-order valence-corrected chi connectivity index (χ4v) is 8.00. The topological polar surface area (TPSA) is 78.9 Å². The third kappa shape index (κ3) is 66.7. The molecule has 0 saturated carbocycles. The van der Waals surface area contributed by atoms with Gasteiger partial charge in [0, 0.05) is 19.3 Å². The molecule has 0 aromatic heterocycles. The van der Waals surface area contributed by atoms with Crippen molar-refractivity contribution in [1.82, 2.24) is 0 Å². The molecule has 0 rings (SSSR count). The van der Waals surface area contributed by atoms with E-state index >= 15 is 0 Å². The third-order valence-electron chi connectivity index (χ3n) is 12.8. The van der Waals surface area contributed by atoms with Crippen LogP contribution in [0.5, 0.6) is 0 Å². The van der Waals surface area contributed by atoms with E-state index in [1.54, 1.807) is 0 Å². The molecule has 0 aliphatic rings. The number of unbranched alkanes of at least 4 members (excludes halogenated alkanes) is 11. The van der Waals surface area contributed by atoms with Crippen LogP contribution in [0, 0.1) is 0 Å². The second kappa shape index (κ2) is 68.5. The van der Waals surface area contributed by atoms with Gasteiger partial charge in [-0.05, 0) is 167 Å². The van der Waals surface area contributed by atoms with Gasteiger partial charge in [0.05, 0.1) is 0 Å². The lowest BCUT2D eigenvalue weighted by atomic mass is 10.1. The zero-order chi connectivity index (χ0) is 59.9. The molecule has 0 aromatic carbocycles. The Hall–Kier alpha value is -6.01. The molecule has 0 aromatic rings. The Morgan fingerprint density at radius 1 is 0.241 bits per heavy atom. The highest BCUT2D eigenvalue weighted by Gasteiger charge is 2.19. The Labute approximate surface area is 509 Å². The second-order valence-electron chi connectivity index (χ2n) is 20.5. The van der Waals surface area contributed by atoms with Crippen molar-refractivity contribution in [1.29, 1.82) is 0 Å². The number of carbonyl (C=O) groups excluding carboxylic acids is 3. The van der Waals surface area contributed by atoms with Crippen molar-refractivity contribution in [2.45, 2.75) is 245 Å². The van der Waals surface area contributed by atoms with Gasteiger partial charge in [-0.25, -0.2) is 0 Å². The first kappa shape index (κ1) is 77.0. The summed E-state index contributed by atoms with van der Waals surface area (Å²) >= 11 is 0. The summed E-state index contributed by atoms with van der Waals surface area (Å²) in [4.78, 5) is 38.3. The molecule has 0 bridgehead atoms. The first-order valence-corrected chi connectivity index (χ1v) is 32.6. The molecule has 0 heterocycles. The molecule has 0 radical (unpaired) electrons. The summed E-state index contributed by atoms with van der Waals surface area (Å²) in [6.45, 7) is 6.20. The summed E-state index contributed by atoms with van der Waals surface area (Å²) in [6, 6.07) is 0. The lowest BCUT2D eigenvalue weighted by Crippen LogP contribution is -2.30. The van der Waals surface area contributed by atoms with Crippen LogP contribution in [0.25, 0.3) is 0 Å². The van der Waals surface area contributed by atoms with Crippen LogP contribution < -0.4 is 0 Å². The summed E-state index contributed by atoms with van der Waals surface area (Å²) in [5, 5.41) is 0. The zero-order valence-electron chi connectivity index (χ0n) is 52.6. The van der Waals surface area contributed by atoms with E-state index in [9.17, 15) is 14.4 Å². The molecule has 0 amide bonds. The molecule has 0 N–H and O–H groups in total. The fourth-order valence-electron chi connectivity index (χ4n) is 8.00. The molecule has 460 valence electrons. The van der Waals surface area contributed by atoms with Crippen LogP contribution in [0.4, 0.5) is 0 Å². The number of allylic oxidation sites excluding steroid dienone is 34. The Morgan fingerprint density at radius 2 is 0.434 bits per heavy atom. The van der Waals surface area contributed by atoms with Crippen molar-refractivity contribution in [3.8, 4) is 0 Å². The maximum absolute atomic E-state index is 12.9. The van der Waals surface area contributed by atoms with Gasteiger partial charge >= 0.3 is 17.9 Å². The van der Waals surface area contributed by atoms with E-state index in [-0.39, 0.29) is 44.0 Å². The predicted octanol–water partition coefficient (Wildman–Crippen LogP) is 22.8. The van der Waals surface area contributed by atoms with E-state index < -0.39 is 6.10 Å². The maximum Gasteiger partial charge on any atom is 0.306 e. The highest BCUT2D eigenvalue weighted by Crippen LogP contribution is 2.13. The molecule has 0 spiro atoms. The quantitative estimate of drug-likeness (QED) is 0.0261. The smallest absolute Gasteiger partial charge is 0.306 e. The van der Waals surface area contributed by atoms with E-state index in [1.165, 1.54) is 12.8 Å². The van der Waals surface area contributed by atoms with Crippen molar-refractivity contribution in [3.63, 3.8) is 0 Å². The van der Waals surface area contributed by atoms with Gasteiger partial charge in [-0.3, -0.25) is 14.4 Å². The fraction of sp³-hybridized carbons (Fsp3) is 0.519. The van der Waals surface area contributed by atoms with Crippen LogP contribution in [0.2, 0.25) is 0 Å². The Balaban J connectivity index is 4.51. The number of hydrogen-bond donors (Lipinski definition) is 0. The van der Waals surface area contributed by atoms with Gasteiger partial charge in [0.2, 0.25) is 0 Å². The lowest BCUT2D eigenvalue weighted by molar-refractivity contribution is -0.167. The largest absolute Gasteiger partial charge is 0.462 e. The average molecular weight is 1140 g/mol. The van der Waals surface area contributed by atoms with E-state index in [0.29, 0.717) is 12.8 Å². The van der Waals surface area contributed by atoms with E-state index in [1.807, 2.05) is 0 Å². The second-order valence-corrected chi connectivity index (χ2v) is 20.5. The highest BCUT2D eigenvalue weighted by atomic mass is 16.6. The summed E-state index contributed by atoms with van der Waals surface area (Å²) < 4.78 is 16.8.